The van der Waals surface area contributed by atoms with E-state index in [1.54, 1.807) is 0 Å². The number of hydrogen-bond acceptors (Lipinski definition) is 4. The molecule has 0 saturated carbocycles. The fraction of sp³-hybridized carbons (Fsp3) is 0.125. The largest absolute Gasteiger partial charge is 0.397 e. The van der Waals surface area contributed by atoms with Gasteiger partial charge in [0.1, 0.15) is 7.11 Å². The number of hydrogen-bond donors (Lipinski definition) is 0. The Hall–Kier alpha value is -1.91. The van der Waals surface area contributed by atoms with Crippen LogP contribution in [0.4, 0.5) is 0 Å². The van der Waals surface area contributed by atoms with Gasteiger partial charge in [-0.25, -0.2) is 0 Å². The first-order chi connectivity index (χ1) is 6.42. The minimum Gasteiger partial charge on any atom is -0.397 e. The molecule has 0 aliphatic rings. The molecule has 2 aromatic rings. The molecule has 0 atom stereocenters. The van der Waals surface area contributed by atoms with Crippen LogP contribution in [0.1, 0.15) is 0 Å². The van der Waals surface area contributed by atoms with Crippen LogP contribution < -0.4 is 4.84 Å². The minimum atomic E-state index is 0.600. The van der Waals surface area contributed by atoms with Crippen LogP contribution in [-0.4, -0.2) is 27.5 Å². The first kappa shape index (κ1) is 7.72. The summed E-state index contributed by atoms with van der Waals surface area (Å²) in [4.78, 5) is 6.19. The molecule has 0 aliphatic heterocycles. The fourth-order valence-corrected chi connectivity index (χ4v) is 1.06. The molecule has 5 heteroatoms. The summed E-state index contributed by atoms with van der Waals surface area (Å²) < 4.78 is 0. The molecular formula is C8H8N4O. The van der Waals surface area contributed by atoms with E-state index in [1.165, 1.54) is 12.0 Å². The Bertz CT molecular complexity index is 384. The summed E-state index contributed by atoms with van der Waals surface area (Å²) in [6, 6.07) is 9.61. The molecule has 0 spiro atoms. The molecule has 0 amide bonds. The van der Waals surface area contributed by atoms with Crippen LogP contribution in [0.3, 0.4) is 0 Å². The van der Waals surface area contributed by atoms with Gasteiger partial charge in [0.15, 0.2) is 0 Å². The summed E-state index contributed by atoms with van der Waals surface area (Å²) in [7, 11) is 1.52. The molecule has 66 valence electrons. The Morgan fingerprint density at radius 2 is 2.00 bits per heavy atom. The Morgan fingerprint density at radius 3 is 2.69 bits per heavy atom. The first-order valence-electron chi connectivity index (χ1n) is 3.80. The van der Waals surface area contributed by atoms with E-state index >= 15 is 0 Å². The average Bonchev–Trinajstić information content (AvgIpc) is 2.67. The van der Waals surface area contributed by atoms with Crippen molar-refractivity contribution in [1.82, 2.24) is 20.4 Å². The Morgan fingerprint density at radius 1 is 1.23 bits per heavy atom. The Balaban J connectivity index is 2.47. The fourth-order valence-electron chi connectivity index (χ4n) is 1.06. The van der Waals surface area contributed by atoms with Crippen molar-refractivity contribution in [1.29, 1.82) is 0 Å². The molecule has 0 saturated heterocycles. The van der Waals surface area contributed by atoms with Crippen molar-refractivity contribution in [3.63, 3.8) is 0 Å². The highest BCUT2D eigenvalue weighted by Gasteiger charge is 2.06. The van der Waals surface area contributed by atoms with Crippen molar-refractivity contribution in [3.05, 3.63) is 30.3 Å². The lowest BCUT2D eigenvalue weighted by Crippen LogP contribution is -2.09. The Kier molecular flexibility index (Phi) is 1.91. The van der Waals surface area contributed by atoms with E-state index in [0.29, 0.717) is 5.82 Å². The molecule has 0 radical (unpaired) electrons. The molecule has 0 bridgehead atoms. The predicted molar refractivity (Wildman–Crippen MR) is 45.8 cm³/mol. The third-order valence-electron chi connectivity index (χ3n) is 1.65. The second-order valence-corrected chi connectivity index (χ2v) is 2.42. The standard InChI is InChI=1S/C8H8N4O/c1-13-12-8(9-10-11-12)7-5-3-2-4-6-7/h2-6H,1H3. The highest BCUT2D eigenvalue weighted by Crippen LogP contribution is 2.12. The summed E-state index contributed by atoms with van der Waals surface area (Å²) in [6.45, 7) is 0. The molecule has 1 aromatic carbocycles. The normalized spacial score (nSPS) is 9.92. The summed E-state index contributed by atoms with van der Waals surface area (Å²) in [5.74, 6) is 0.600. The summed E-state index contributed by atoms with van der Waals surface area (Å²) in [5.41, 5.74) is 0.925. The van der Waals surface area contributed by atoms with Gasteiger partial charge in [-0.05, 0) is 10.4 Å². The second kappa shape index (κ2) is 3.22. The molecular weight excluding hydrogens is 168 g/mol. The van der Waals surface area contributed by atoms with E-state index in [1.807, 2.05) is 30.3 Å². The highest BCUT2D eigenvalue weighted by atomic mass is 16.7. The molecule has 2 rings (SSSR count). The van der Waals surface area contributed by atoms with Crippen molar-refractivity contribution >= 4 is 0 Å². The van der Waals surface area contributed by atoms with Gasteiger partial charge in [0.25, 0.3) is 0 Å². The van der Waals surface area contributed by atoms with Gasteiger partial charge in [-0.3, -0.25) is 0 Å². The predicted octanol–water partition coefficient (Wildman–Crippen LogP) is 0.398. The third kappa shape index (κ3) is 1.35. The molecule has 5 nitrogen and oxygen atoms in total. The monoisotopic (exact) mass is 176 g/mol. The van der Waals surface area contributed by atoms with Gasteiger partial charge < -0.3 is 4.84 Å². The van der Waals surface area contributed by atoms with Crippen LogP contribution in [0.2, 0.25) is 0 Å². The van der Waals surface area contributed by atoms with Crippen LogP contribution in [0, 0.1) is 0 Å². The topological polar surface area (TPSA) is 52.8 Å². The molecule has 0 aliphatic carbocycles. The molecule has 0 unspecified atom stereocenters. The van der Waals surface area contributed by atoms with Gasteiger partial charge in [-0.1, -0.05) is 35.2 Å². The van der Waals surface area contributed by atoms with Gasteiger partial charge in [0.2, 0.25) is 5.82 Å². The molecule has 1 heterocycles. The van der Waals surface area contributed by atoms with E-state index < -0.39 is 0 Å². The van der Waals surface area contributed by atoms with Gasteiger partial charge in [-0.2, -0.15) is 0 Å². The lowest BCUT2D eigenvalue weighted by Gasteiger charge is -2.00. The molecule has 0 fully saturated rings. The van der Waals surface area contributed by atoms with Gasteiger partial charge in [-0.15, -0.1) is 5.10 Å². The van der Waals surface area contributed by atoms with Crippen molar-refractivity contribution in [2.24, 2.45) is 0 Å². The highest BCUT2D eigenvalue weighted by molar-refractivity contribution is 5.53. The zero-order valence-corrected chi connectivity index (χ0v) is 7.08. The smallest absolute Gasteiger partial charge is 0.222 e. The number of aromatic nitrogens is 4. The van der Waals surface area contributed by atoms with E-state index in [-0.39, 0.29) is 0 Å². The van der Waals surface area contributed by atoms with E-state index in [0.717, 1.165) is 5.56 Å². The minimum absolute atomic E-state index is 0.600. The van der Waals surface area contributed by atoms with E-state index in [2.05, 4.69) is 15.5 Å². The van der Waals surface area contributed by atoms with Gasteiger partial charge in [0.05, 0.1) is 0 Å². The van der Waals surface area contributed by atoms with Gasteiger partial charge >= 0.3 is 0 Å². The maximum atomic E-state index is 4.92. The lowest BCUT2D eigenvalue weighted by atomic mass is 10.2. The van der Waals surface area contributed by atoms with E-state index in [4.69, 9.17) is 4.84 Å². The number of tetrazole rings is 1. The van der Waals surface area contributed by atoms with Crippen LogP contribution in [0.5, 0.6) is 0 Å². The molecule has 1 aromatic heterocycles. The second-order valence-electron chi connectivity index (χ2n) is 2.42. The summed E-state index contributed by atoms with van der Waals surface area (Å²) >= 11 is 0. The summed E-state index contributed by atoms with van der Waals surface area (Å²) in [5, 5.41) is 11.0. The van der Waals surface area contributed by atoms with Crippen LogP contribution in [0.25, 0.3) is 11.4 Å². The maximum absolute atomic E-state index is 4.92. The average molecular weight is 176 g/mol. The van der Waals surface area contributed by atoms with Crippen LogP contribution >= 0.6 is 0 Å². The van der Waals surface area contributed by atoms with Gasteiger partial charge in [0, 0.05) is 5.56 Å². The lowest BCUT2D eigenvalue weighted by molar-refractivity contribution is 0.133. The zero-order valence-electron chi connectivity index (χ0n) is 7.08. The van der Waals surface area contributed by atoms with Crippen molar-refractivity contribution < 1.29 is 4.84 Å². The van der Waals surface area contributed by atoms with Crippen LogP contribution in [-0.2, 0) is 0 Å². The quantitative estimate of drug-likeness (QED) is 0.664. The number of nitrogens with zero attached hydrogens (tertiary/aromatic N) is 4. The number of benzene rings is 1. The number of rotatable bonds is 2. The zero-order chi connectivity index (χ0) is 9.10. The van der Waals surface area contributed by atoms with E-state index in [9.17, 15) is 0 Å². The SMILES string of the molecule is COn1nnnc1-c1ccccc1. The van der Waals surface area contributed by atoms with Crippen molar-refractivity contribution in [3.8, 4) is 11.4 Å². The third-order valence-corrected chi connectivity index (χ3v) is 1.65. The first-order valence-corrected chi connectivity index (χ1v) is 3.80. The summed E-state index contributed by atoms with van der Waals surface area (Å²) in [6.07, 6.45) is 0. The van der Waals surface area contributed by atoms with Crippen molar-refractivity contribution in [2.75, 3.05) is 7.11 Å². The Labute approximate surface area is 74.9 Å². The maximum Gasteiger partial charge on any atom is 0.222 e. The molecule has 0 N–H and O–H groups in total. The van der Waals surface area contributed by atoms with Crippen molar-refractivity contribution in [2.45, 2.75) is 0 Å². The molecule has 13 heavy (non-hydrogen) atoms. The van der Waals surface area contributed by atoms with Crippen LogP contribution in [0.15, 0.2) is 30.3 Å².